The largest absolute Gasteiger partial charge is 0.369 e. The number of aliphatic imine (C=N–C) groups is 1. The Kier molecular flexibility index (Phi) is 4.73. The Morgan fingerprint density at radius 3 is 2.71 bits per heavy atom. The highest BCUT2D eigenvalue weighted by molar-refractivity contribution is 14.1. The molecule has 3 heteroatoms. The summed E-state index contributed by atoms with van der Waals surface area (Å²) in [6, 6.07) is 12.9. The van der Waals surface area contributed by atoms with Gasteiger partial charge in [0, 0.05) is 28.1 Å². The van der Waals surface area contributed by atoms with Crippen molar-refractivity contribution in [2.75, 3.05) is 11.9 Å². The maximum absolute atomic E-state index is 4.68. The van der Waals surface area contributed by atoms with Gasteiger partial charge in [-0.15, -0.1) is 0 Å². The lowest BCUT2D eigenvalue weighted by Crippen LogP contribution is -2.45. The SMILES string of the molecule is Cc1cc2c(cc1C=Nc1cccc(I)c1)C(C)CC(C)(C)N2C. The number of aryl methyl sites for hydroxylation is 1. The van der Waals surface area contributed by atoms with Crippen molar-refractivity contribution in [2.24, 2.45) is 4.99 Å². The number of nitrogens with zero attached hydrogens (tertiary/aromatic N) is 2. The molecule has 0 N–H and O–H groups in total. The fourth-order valence-corrected chi connectivity index (χ4v) is 4.10. The summed E-state index contributed by atoms with van der Waals surface area (Å²) >= 11 is 2.32. The van der Waals surface area contributed by atoms with Gasteiger partial charge >= 0.3 is 0 Å². The molecule has 0 fully saturated rings. The van der Waals surface area contributed by atoms with E-state index >= 15 is 0 Å². The van der Waals surface area contributed by atoms with Crippen LogP contribution in [0.25, 0.3) is 0 Å². The summed E-state index contributed by atoms with van der Waals surface area (Å²) in [5.41, 5.74) is 6.50. The zero-order valence-corrected chi connectivity index (χ0v) is 17.3. The maximum Gasteiger partial charge on any atom is 0.0640 e. The van der Waals surface area contributed by atoms with Gasteiger partial charge in [-0.1, -0.05) is 13.0 Å². The molecule has 0 bridgehead atoms. The van der Waals surface area contributed by atoms with Crippen LogP contribution in [0.5, 0.6) is 0 Å². The summed E-state index contributed by atoms with van der Waals surface area (Å²) in [6.07, 6.45) is 3.18. The van der Waals surface area contributed by atoms with E-state index in [0.717, 1.165) is 5.69 Å². The van der Waals surface area contributed by atoms with Gasteiger partial charge in [0.15, 0.2) is 0 Å². The number of benzene rings is 2. The average molecular weight is 432 g/mol. The monoisotopic (exact) mass is 432 g/mol. The molecule has 0 spiro atoms. The Hall–Kier alpha value is -1.36. The van der Waals surface area contributed by atoms with Crippen molar-refractivity contribution in [2.45, 2.75) is 45.6 Å². The molecule has 0 radical (unpaired) electrons. The Balaban J connectivity index is 1.99. The molecule has 1 aliphatic heterocycles. The van der Waals surface area contributed by atoms with E-state index in [1.54, 1.807) is 0 Å². The van der Waals surface area contributed by atoms with Gasteiger partial charge in [0.05, 0.1) is 5.69 Å². The first-order valence-corrected chi connectivity index (χ1v) is 9.54. The van der Waals surface area contributed by atoms with E-state index in [1.165, 1.54) is 32.4 Å². The van der Waals surface area contributed by atoms with Crippen molar-refractivity contribution in [3.8, 4) is 0 Å². The van der Waals surface area contributed by atoms with Crippen LogP contribution in [0.15, 0.2) is 41.4 Å². The topological polar surface area (TPSA) is 15.6 Å². The molecule has 2 nitrogen and oxygen atoms in total. The van der Waals surface area contributed by atoms with Crippen LogP contribution in [0, 0.1) is 10.5 Å². The lowest BCUT2D eigenvalue weighted by atomic mass is 9.79. The number of hydrogen-bond acceptors (Lipinski definition) is 2. The van der Waals surface area contributed by atoms with E-state index in [1.807, 2.05) is 18.3 Å². The highest BCUT2D eigenvalue weighted by atomic mass is 127. The Morgan fingerprint density at radius 2 is 2.00 bits per heavy atom. The molecular weight excluding hydrogens is 407 g/mol. The summed E-state index contributed by atoms with van der Waals surface area (Å²) < 4.78 is 1.21. The van der Waals surface area contributed by atoms with Crippen molar-refractivity contribution < 1.29 is 0 Å². The van der Waals surface area contributed by atoms with Gasteiger partial charge in [0.2, 0.25) is 0 Å². The van der Waals surface area contributed by atoms with Crippen LogP contribution in [-0.2, 0) is 0 Å². The molecule has 0 amide bonds. The van der Waals surface area contributed by atoms with Crippen molar-refractivity contribution in [3.63, 3.8) is 0 Å². The second kappa shape index (κ2) is 6.51. The van der Waals surface area contributed by atoms with Crippen molar-refractivity contribution in [1.29, 1.82) is 0 Å². The maximum atomic E-state index is 4.68. The minimum absolute atomic E-state index is 0.204. The van der Waals surface area contributed by atoms with Crippen LogP contribution in [0.1, 0.15) is 49.8 Å². The molecule has 1 aliphatic rings. The predicted molar refractivity (Wildman–Crippen MR) is 113 cm³/mol. The fourth-order valence-electron chi connectivity index (χ4n) is 3.57. The van der Waals surface area contributed by atoms with Gasteiger partial charge in [-0.25, -0.2) is 0 Å². The quantitative estimate of drug-likeness (QED) is 0.415. The van der Waals surface area contributed by atoms with E-state index in [4.69, 9.17) is 0 Å². The van der Waals surface area contributed by atoms with Crippen molar-refractivity contribution in [1.82, 2.24) is 0 Å². The molecule has 2 aromatic rings. The molecule has 0 saturated carbocycles. The lowest BCUT2D eigenvalue weighted by Gasteiger charge is -2.45. The van der Waals surface area contributed by atoms with Crippen LogP contribution >= 0.6 is 22.6 Å². The van der Waals surface area contributed by atoms with Crippen LogP contribution in [0.4, 0.5) is 11.4 Å². The third kappa shape index (κ3) is 3.37. The molecule has 3 rings (SSSR count). The van der Waals surface area contributed by atoms with Crippen molar-refractivity contribution >= 4 is 40.2 Å². The first kappa shape index (κ1) is 17.5. The first-order valence-electron chi connectivity index (χ1n) is 8.46. The zero-order valence-electron chi connectivity index (χ0n) is 15.1. The molecule has 24 heavy (non-hydrogen) atoms. The van der Waals surface area contributed by atoms with Gasteiger partial charge in [-0.3, -0.25) is 4.99 Å². The van der Waals surface area contributed by atoms with Gasteiger partial charge in [-0.05, 0) is 103 Å². The molecule has 0 aliphatic carbocycles. The Bertz CT molecular complexity index is 792. The van der Waals surface area contributed by atoms with E-state index in [-0.39, 0.29) is 5.54 Å². The third-order valence-corrected chi connectivity index (χ3v) is 5.85. The molecule has 0 saturated heterocycles. The zero-order chi connectivity index (χ0) is 17.5. The molecule has 1 heterocycles. The number of fused-ring (bicyclic) bond motifs is 1. The first-order chi connectivity index (χ1) is 11.3. The summed E-state index contributed by atoms with van der Waals surface area (Å²) in [5.74, 6) is 0.566. The van der Waals surface area contributed by atoms with Crippen LogP contribution < -0.4 is 4.90 Å². The van der Waals surface area contributed by atoms with Gasteiger partial charge < -0.3 is 4.90 Å². The second-order valence-electron chi connectivity index (χ2n) is 7.48. The minimum Gasteiger partial charge on any atom is -0.369 e. The minimum atomic E-state index is 0.204. The van der Waals surface area contributed by atoms with E-state index in [9.17, 15) is 0 Å². The highest BCUT2D eigenvalue weighted by Gasteiger charge is 2.34. The number of halogens is 1. The van der Waals surface area contributed by atoms with E-state index < -0.39 is 0 Å². The summed E-state index contributed by atoms with van der Waals surface area (Å²) in [6.45, 7) is 9.17. The Morgan fingerprint density at radius 1 is 1.25 bits per heavy atom. The van der Waals surface area contributed by atoms with Gasteiger partial charge in [0.25, 0.3) is 0 Å². The highest BCUT2D eigenvalue weighted by Crippen LogP contribution is 2.43. The van der Waals surface area contributed by atoms with Crippen LogP contribution in [0.3, 0.4) is 0 Å². The molecule has 126 valence electrons. The van der Waals surface area contributed by atoms with Crippen molar-refractivity contribution in [3.05, 3.63) is 56.7 Å². The van der Waals surface area contributed by atoms with E-state index in [2.05, 4.69) is 91.5 Å². The Labute approximate surface area is 159 Å². The molecule has 0 aromatic heterocycles. The van der Waals surface area contributed by atoms with Crippen LogP contribution in [-0.4, -0.2) is 18.8 Å². The number of rotatable bonds is 2. The lowest BCUT2D eigenvalue weighted by molar-refractivity contribution is 0.395. The molecule has 1 unspecified atom stereocenters. The normalized spacial score (nSPS) is 19.6. The number of hydrogen-bond donors (Lipinski definition) is 0. The number of anilines is 1. The smallest absolute Gasteiger partial charge is 0.0640 e. The van der Waals surface area contributed by atoms with Crippen LogP contribution in [0.2, 0.25) is 0 Å². The summed E-state index contributed by atoms with van der Waals surface area (Å²) in [5, 5.41) is 0. The third-order valence-electron chi connectivity index (χ3n) is 5.18. The summed E-state index contributed by atoms with van der Waals surface area (Å²) in [7, 11) is 2.21. The second-order valence-corrected chi connectivity index (χ2v) is 8.73. The fraction of sp³-hybridized carbons (Fsp3) is 0.381. The molecular formula is C21H25IN2. The standard InChI is InChI=1S/C21H25IN2/c1-14-9-20-19(15(2)12-21(3,4)24(20)5)10-16(14)13-23-18-8-6-7-17(22)11-18/h6-11,13,15H,12H2,1-5H3. The molecule has 2 aromatic carbocycles. The van der Waals surface area contributed by atoms with E-state index in [0.29, 0.717) is 5.92 Å². The van der Waals surface area contributed by atoms with Gasteiger partial charge in [-0.2, -0.15) is 0 Å². The van der Waals surface area contributed by atoms with Gasteiger partial charge in [0.1, 0.15) is 0 Å². The predicted octanol–water partition coefficient (Wildman–Crippen LogP) is 6.07. The average Bonchev–Trinajstić information content (AvgIpc) is 2.51. The summed E-state index contributed by atoms with van der Waals surface area (Å²) in [4.78, 5) is 7.10. The molecule has 1 atom stereocenters.